The SMILES string of the molecule is O=S(=O)(O)c1cc(Nc2nc(NCCS)nc(NCCS(=O)(=S)O[O-])n2)ccc1/C=C/c1ccc(Nc2nc(NCCS)nc(NCCS(=O)(=S)O[O-])n2)cc1SOOO. The largest absolute Gasteiger partial charge is 0.709 e. The summed E-state index contributed by atoms with van der Waals surface area (Å²) in [5.74, 6) is 0.505. The minimum Gasteiger partial charge on any atom is -0.709 e. The van der Waals surface area contributed by atoms with Crippen LogP contribution >= 0.6 is 37.3 Å². The zero-order chi connectivity index (χ0) is 43.8. The predicted molar refractivity (Wildman–Crippen MR) is 233 cm³/mol. The minimum atomic E-state index is -4.82. The van der Waals surface area contributed by atoms with E-state index in [9.17, 15) is 31.9 Å². The summed E-state index contributed by atoms with van der Waals surface area (Å²) in [7, 11) is -11.8. The van der Waals surface area contributed by atoms with Crippen molar-refractivity contribution in [3.05, 3.63) is 47.5 Å². The Morgan fingerprint density at radius 1 is 0.667 bits per heavy atom. The normalized spacial score (nSPS) is 13.6. The second-order valence-electron chi connectivity index (χ2n) is 11.2. The van der Waals surface area contributed by atoms with Crippen molar-refractivity contribution in [3.8, 4) is 0 Å². The maximum absolute atomic E-state index is 12.6. The Morgan fingerprint density at radius 3 is 1.52 bits per heavy atom. The maximum Gasteiger partial charge on any atom is 0.295 e. The van der Waals surface area contributed by atoms with Crippen molar-refractivity contribution in [2.24, 2.45) is 0 Å². The van der Waals surface area contributed by atoms with E-state index in [0.29, 0.717) is 52.8 Å². The van der Waals surface area contributed by atoms with Gasteiger partial charge in [0.05, 0.1) is 23.5 Å². The van der Waals surface area contributed by atoms with Crippen LogP contribution in [0.1, 0.15) is 11.1 Å². The second kappa shape index (κ2) is 23.6. The lowest BCUT2D eigenvalue weighted by molar-refractivity contribution is -0.633. The summed E-state index contributed by atoms with van der Waals surface area (Å²) in [5, 5.41) is 51.1. The highest BCUT2D eigenvalue weighted by Crippen LogP contribution is 2.31. The molecule has 2 heterocycles. The van der Waals surface area contributed by atoms with Crippen molar-refractivity contribution in [1.82, 2.24) is 29.9 Å². The molecule has 4 rings (SSSR count). The number of nitrogens with zero attached hydrogens (tertiary/aromatic N) is 6. The molecule has 0 radical (unpaired) electrons. The second-order valence-corrected chi connectivity index (χ2v) is 20.6. The van der Waals surface area contributed by atoms with Gasteiger partial charge in [0, 0.05) is 76.3 Å². The topological polar surface area (TPSA) is 341 Å². The lowest BCUT2D eigenvalue weighted by atomic mass is 10.1. The highest BCUT2D eigenvalue weighted by molar-refractivity contribution is 8.30. The Kier molecular flexibility index (Phi) is 19.3. The molecule has 0 bridgehead atoms. The molecule has 328 valence electrons. The van der Waals surface area contributed by atoms with Crippen LogP contribution in [0.3, 0.4) is 0 Å². The number of thiol groups is 2. The van der Waals surface area contributed by atoms with Gasteiger partial charge in [0.1, 0.15) is 22.4 Å². The van der Waals surface area contributed by atoms with Crippen LogP contribution in [0.5, 0.6) is 0 Å². The molecule has 0 aliphatic rings. The molecule has 24 nitrogen and oxygen atoms in total. The van der Waals surface area contributed by atoms with Crippen molar-refractivity contribution >= 4 is 147 Å². The van der Waals surface area contributed by atoms with Crippen LogP contribution in [0.4, 0.5) is 47.1 Å². The fraction of sp³-hybridized carbons (Fsp3) is 0.286. The summed E-state index contributed by atoms with van der Waals surface area (Å²) in [5.41, 5.74) is 1.02. The highest BCUT2D eigenvalue weighted by atomic mass is 32.8. The number of benzene rings is 2. The van der Waals surface area contributed by atoms with E-state index in [4.69, 9.17) is 5.26 Å². The summed E-state index contributed by atoms with van der Waals surface area (Å²) >= 11 is 18.1. The fourth-order valence-electron chi connectivity index (χ4n) is 4.44. The van der Waals surface area contributed by atoms with Crippen molar-refractivity contribution in [2.45, 2.75) is 9.79 Å². The molecule has 60 heavy (non-hydrogen) atoms. The summed E-state index contributed by atoms with van der Waals surface area (Å²) < 4.78 is 70.8. The molecule has 0 fully saturated rings. The minimum absolute atomic E-state index is 0.0166. The summed E-state index contributed by atoms with van der Waals surface area (Å²) in [4.78, 5) is 25.3. The summed E-state index contributed by atoms with van der Waals surface area (Å²) in [6.45, 7) is 0.608. The van der Waals surface area contributed by atoms with Crippen LogP contribution in [0.2, 0.25) is 0 Å². The smallest absolute Gasteiger partial charge is 0.295 e. The van der Waals surface area contributed by atoms with Gasteiger partial charge in [-0.05, 0) is 35.4 Å². The zero-order valence-corrected chi connectivity index (χ0v) is 37.0. The molecule has 4 aromatic rings. The van der Waals surface area contributed by atoms with Crippen LogP contribution in [0.25, 0.3) is 12.2 Å². The molecular formula is C28H34N12O12S8-2. The van der Waals surface area contributed by atoms with Crippen LogP contribution in [0.15, 0.2) is 46.2 Å². The van der Waals surface area contributed by atoms with Gasteiger partial charge >= 0.3 is 0 Å². The van der Waals surface area contributed by atoms with E-state index in [1.807, 2.05) is 0 Å². The van der Waals surface area contributed by atoms with Crippen molar-refractivity contribution in [1.29, 1.82) is 0 Å². The standard InChI is InChI=1S/C28H36N12O12S8/c41-49-52-57-21-15-19(33-27-37-23(29-7-11-53)35-25(39-27)31-9-13-58(44,55)50-42)5-3-17(21)1-2-18-4-6-20(16-22(18)60(46,47)48)34-28-38-24(30-8-12-54)36-26(40-28)32-10-14-59(45,56)51-43/h1-6,15-16,41-43,53-54H,7-14H2,(H,46,47,48)(H3,29,31,33,35,37,39)(H3,30,32,34,36,38,40)/p-2/b2-1+. The average molecular weight is 987 g/mol. The third-order valence-corrected chi connectivity index (χ3v) is 12.1. The number of aromatic nitrogens is 6. The molecule has 2 unspecified atom stereocenters. The molecule has 0 aliphatic carbocycles. The van der Waals surface area contributed by atoms with E-state index in [-0.39, 0.29) is 71.5 Å². The van der Waals surface area contributed by atoms with E-state index in [1.165, 1.54) is 24.3 Å². The molecule has 0 saturated heterocycles. The van der Waals surface area contributed by atoms with Gasteiger partial charge in [-0.15, -0.1) is 4.33 Å². The first-order valence-corrected chi connectivity index (χ1v) is 25.1. The van der Waals surface area contributed by atoms with Gasteiger partial charge in [-0.1, -0.05) is 29.3 Å². The quantitative estimate of drug-likeness (QED) is 0.0104. The van der Waals surface area contributed by atoms with Gasteiger partial charge in [0.2, 0.25) is 35.7 Å². The molecule has 0 saturated carbocycles. The monoisotopic (exact) mass is 986 g/mol. The van der Waals surface area contributed by atoms with E-state index in [0.717, 1.165) is 6.07 Å². The van der Waals surface area contributed by atoms with Crippen LogP contribution in [-0.2, 0) is 68.1 Å². The van der Waals surface area contributed by atoms with E-state index in [2.05, 4.69) is 127 Å². The summed E-state index contributed by atoms with van der Waals surface area (Å²) in [6, 6.07) is 8.79. The van der Waals surface area contributed by atoms with Gasteiger partial charge in [-0.2, -0.15) is 63.6 Å². The Hall–Kier alpha value is -3.58. The molecule has 0 spiro atoms. The number of hydrogen-bond donors (Lipinski definition) is 10. The third-order valence-electron chi connectivity index (χ3n) is 6.95. The van der Waals surface area contributed by atoms with E-state index in [1.54, 1.807) is 18.2 Å². The van der Waals surface area contributed by atoms with Gasteiger partial charge in [0.25, 0.3) is 10.1 Å². The van der Waals surface area contributed by atoms with E-state index < -0.39 is 32.6 Å². The summed E-state index contributed by atoms with van der Waals surface area (Å²) in [6.07, 6.45) is 2.90. The molecule has 0 amide bonds. The molecule has 2 aromatic carbocycles. The average Bonchev–Trinajstić information content (AvgIpc) is 3.20. The predicted octanol–water partition coefficient (Wildman–Crippen LogP) is 0.803. The maximum atomic E-state index is 12.6. The molecule has 8 N–H and O–H groups in total. The highest BCUT2D eigenvalue weighted by Gasteiger charge is 2.17. The van der Waals surface area contributed by atoms with Crippen LogP contribution < -0.4 is 42.4 Å². The number of nitrogens with one attached hydrogen (secondary N) is 6. The van der Waals surface area contributed by atoms with Crippen molar-refractivity contribution in [3.63, 3.8) is 0 Å². The first-order valence-electron chi connectivity index (χ1n) is 16.5. The Labute approximate surface area is 367 Å². The number of rotatable bonds is 26. The van der Waals surface area contributed by atoms with Gasteiger partial charge in [-0.25, -0.2) is 13.7 Å². The number of anilines is 8. The zero-order valence-electron chi connectivity index (χ0n) is 30.3. The molecule has 2 atom stereocenters. The first-order chi connectivity index (χ1) is 28.6. The van der Waals surface area contributed by atoms with Crippen LogP contribution in [-0.4, -0.2) is 106 Å². The fourth-order valence-corrected chi connectivity index (χ4v) is 7.23. The molecule has 0 aliphatic heterocycles. The van der Waals surface area contributed by atoms with Gasteiger partial charge < -0.3 is 51.1 Å². The van der Waals surface area contributed by atoms with E-state index >= 15 is 0 Å². The molecule has 2 aromatic heterocycles. The Bertz CT molecular complexity index is 2440. The Morgan fingerprint density at radius 2 is 1.08 bits per heavy atom. The lowest BCUT2D eigenvalue weighted by Crippen LogP contribution is -2.22. The van der Waals surface area contributed by atoms with Crippen molar-refractivity contribution in [2.75, 3.05) is 81.1 Å². The van der Waals surface area contributed by atoms with Gasteiger partial charge in [-0.3, -0.25) is 4.55 Å². The van der Waals surface area contributed by atoms with Crippen molar-refractivity contribution < 1.29 is 55.2 Å². The molecule has 32 heteroatoms. The first kappa shape index (κ1) is 49.1. The lowest BCUT2D eigenvalue weighted by Gasteiger charge is -2.14. The number of hydrogen-bond acceptors (Lipinski definition) is 28. The van der Waals surface area contributed by atoms with Gasteiger partial charge in [0.15, 0.2) is 0 Å². The molecular weight excluding hydrogens is 953 g/mol. The third kappa shape index (κ3) is 16.4. The Balaban J connectivity index is 1.60. The van der Waals surface area contributed by atoms with Crippen LogP contribution in [0, 0.1) is 0 Å².